The van der Waals surface area contributed by atoms with Gasteiger partial charge >= 0.3 is 0 Å². The Labute approximate surface area is 121 Å². The highest BCUT2D eigenvalue weighted by molar-refractivity contribution is 5.54. The second-order valence-electron chi connectivity index (χ2n) is 5.44. The Morgan fingerprint density at radius 3 is 2.45 bits per heavy atom. The lowest BCUT2D eigenvalue weighted by molar-refractivity contribution is 0.141. The predicted molar refractivity (Wildman–Crippen MR) is 80.6 cm³/mol. The number of aliphatic hydroxyl groups is 1. The van der Waals surface area contributed by atoms with Gasteiger partial charge in [0.25, 0.3) is 0 Å². The number of methoxy groups -OCH3 is 2. The van der Waals surface area contributed by atoms with E-state index < -0.39 is 0 Å². The first kappa shape index (κ1) is 15.0. The van der Waals surface area contributed by atoms with E-state index in [1.165, 1.54) is 19.3 Å². The first-order valence-corrected chi connectivity index (χ1v) is 7.35. The number of benzene rings is 1. The molecular formula is C16H25NO3. The molecule has 2 unspecified atom stereocenters. The average Bonchev–Trinajstić information content (AvgIpc) is 2.52. The molecular weight excluding hydrogens is 254 g/mol. The highest BCUT2D eigenvalue weighted by Crippen LogP contribution is 2.32. The third-order valence-electron chi connectivity index (χ3n) is 4.25. The molecule has 112 valence electrons. The van der Waals surface area contributed by atoms with Crippen molar-refractivity contribution in [1.82, 2.24) is 0 Å². The van der Waals surface area contributed by atoms with Crippen LogP contribution in [-0.4, -0.2) is 32.5 Å². The van der Waals surface area contributed by atoms with E-state index >= 15 is 0 Å². The predicted octanol–water partition coefficient (Wildman–Crippen LogP) is 2.91. The maximum absolute atomic E-state index is 9.44. The van der Waals surface area contributed by atoms with Crippen LogP contribution in [0.2, 0.25) is 0 Å². The molecule has 1 fully saturated rings. The number of anilines is 1. The van der Waals surface area contributed by atoms with E-state index in [1.54, 1.807) is 14.2 Å². The van der Waals surface area contributed by atoms with Gasteiger partial charge in [-0.1, -0.05) is 12.8 Å². The molecule has 0 aromatic heterocycles. The zero-order chi connectivity index (χ0) is 14.4. The first-order chi connectivity index (χ1) is 9.78. The zero-order valence-electron chi connectivity index (χ0n) is 12.4. The summed E-state index contributed by atoms with van der Waals surface area (Å²) in [6.07, 6.45) is 4.87. The average molecular weight is 279 g/mol. The first-order valence-electron chi connectivity index (χ1n) is 7.35. The van der Waals surface area contributed by atoms with Crippen molar-refractivity contribution in [3.8, 4) is 11.5 Å². The Morgan fingerprint density at radius 1 is 1.10 bits per heavy atom. The minimum absolute atomic E-state index is 0.304. The largest absolute Gasteiger partial charge is 0.493 e. The highest BCUT2D eigenvalue weighted by atomic mass is 16.5. The molecule has 20 heavy (non-hydrogen) atoms. The summed E-state index contributed by atoms with van der Waals surface area (Å²) in [6, 6.07) is 5.86. The van der Waals surface area contributed by atoms with Gasteiger partial charge in [0.1, 0.15) is 0 Å². The van der Waals surface area contributed by atoms with Gasteiger partial charge in [-0.3, -0.25) is 0 Å². The van der Waals surface area contributed by atoms with Gasteiger partial charge < -0.3 is 19.9 Å². The molecule has 2 rings (SSSR count). The fourth-order valence-corrected chi connectivity index (χ4v) is 2.99. The van der Waals surface area contributed by atoms with Crippen molar-refractivity contribution < 1.29 is 14.6 Å². The van der Waals surface area contributed by atoms with E-state index in [1.807, 2.05) is 18.2 Å². The van der Waals surface area contributed by atoms with Crippen LogP contribution in [-0.2, 0) is 0 Å². The maximum Gasteiger partial charge on any atom is 0.162 e. The monoisotopic (exact) mass is 279 g/mol. The summed E-state index contributed by atoms with van der Waals surface area (Å²) in [5, 5.41) is 12.9. The van der Waals surface area contributed by atoms with Crippen LogP contribution in [0.1, 0.15) is 25.7 Å². The second-order valence-corrected chi connectivity index (χ2v) is 5.44. The lowest BCUT2D eigenvalue weighted by Crippen LogP contribution is -2.28. The van der Waals surface area contributed by atoms with Crippen molar-refractivity contribution in [1.29, 1.82) is 0 Å². The number of hydrogen-bond acceptors (Lipinski definition) is 4. The molecule has 1 aromatic rings. The van der Waals surface area contributed by atoms with E-state index in [0.717, 1.165) is 30.2 Å². The molecule has 1 saturated carbocycles. The van der Waals surface area contributed by atoms with Crippen molar-refractivity contribution >= 4 is 5.69 Å². The van der Waals surface area contributed by atoms with Crippen molar-refractivity contribution in [2.24, 2.45) is 11.8 Å². The van der Waals surface area contributed by atoms with Crippen molar-refractivity contribution in [3.05, 3.63) is 18.2 Å². The quantitative estimate of drug-likeness (QED) is 0.840. The minimum atomic E-state index is 0.304. The summed E-state index contributed by atoms with van der Waals surface area (Å²) in [7, 11) is 3.28. The smallest absolute Gasteiger partial charge is 0.162 e. The molecule has 0 amide bonds. The third-order valence-corrected chi connectivity index (χ3v) is 4.25. The number of hydrogen-bond donors (Lipinski definition) is 2. The number of rotatable bonds is 6. The fourth-order valence-electron chi connectivity index (χ4n) is 2.99. The second kappa shape index (κ2) is 7.39. The summed E-state index contributed by atoms with van der Waals surface area (Å²) in [6.45, 7) is 1.21. The van der Waals surface area contributed by atoms with E-state index in [4.69, 9.17) is 9.47 Å². The Hall–Kier alpha value is -1.42. The molecule has 4 heteroatoms. The zero-order valence-corrected chi connectivity index (χ0v) is 12.4. The Kier molecular flexibility index (Phi) is 5.53. The lowest BCUT2D eigenvalue weighted by Gasteiger charge is -2.30. The molecule has 0 bridgehead atoms. The standard InChI is InChI=1S/C16H25NO3/c1-19-15-8-7-14(9-16(15)20-2)17-10-12-5-3-4-6-13(12)11-18/h7-9,12-13,17-18H,3-6,10-11H2,1-2H3. The van der Waals surface area contributed by atoms with Crippen LogP contribution in [0.15, 0.2) is 18.2 Å². The molecule has 0 spiro atoms. The summed E-state index contributed by atoms with van der Waals surface area (Å²) in [5.41, 5.74) is 1.03. The fraction of sp³-hybridized carbons (Fsp3) is 0.625. The van der Waals surface area contributed by atoms with E-state index in [2.05, 4.69) is 5.32 Å². The van der Waals surface area contributed by atoms with Crippen LogP contribution in [0, 0.1) is 11.8 Å². The molecule has 0 saturated heterocycles. The SMILES string of the molecule is COc1ccc(NCC2CCCCC2CO)cc1OC. The van der Waals surface area contributed by atoms with Crippen LogP contribution in [0.4, 0.5) is 5.69 Å². The van der Waals surface area contributed by atoms with E-state index in [9.17, 15) is 5.11 Å². The van der Waals surface area contributed by atoms with Gasteiger partial charge in [0.15, 0.2) is 11.5 Å². The van der Waals surface area contributed by atoms with E-state index in [-0.39, 0.29) is 0 Å². The Bertz CT molecular complexity index is 422. The molecule has 0 aliphatic heterocycles. The molecule has 1 aliphatic carbocycles. The van der Waals surface area contributed by atoms with Gasteiger partial charge in [-0.15, -0.1) is 0 Å². The van der Waals surface area contributed by atoms with Crippen LogP contribution < -0.4 is 14.8 Å². The lowest BCUT2D eigenvalue weighted by atomic mass is 9.79. The summed E-state index contributed by atoms with van der Waals surface area (Å²) in [5.74, 6) is 2.47. The maximum atomic E-state index is 9.44. The molecule has 2 atom stereocenters. The van der Waals surface area contributed by atoms with Gasteiger partial charge in [-0.05, 0) is 36.8 Å². The molecule has 4 nitrogen and oxygen atoms in total. The Balaban J connectivity index is 1.96. The summed E-state index contributed by atoms with van der Waals surface area (Å²) in [4.78, 5) is 0. The number of ether oxygens (including phenoxy) is 2. The van der Waals surface area contributed by atoms with Crippen LogP contribution in [0.5, 0.6) is 11.5 Å². The van der Waals surface area contributed by atoms with Gasteiger partial charge in [0.2, 0.25) is 0 Å². The number of aliphatic hydroxyl groups excluding tert-OH is 1. The van der Waals surface area contributed by atoms with Crippen LogP contribution in [0.25, 0.3) is 0 Å². The van der Waals surface area contributed by atoms with Gasteiger partial charge in [-0.25, -0.2) is 0 Å². The van der Waals surface area contributed by atoms with Crippen molar-refractivity contribution in [2.45, 2.75) is 25.7 Å². The van der Waals surface area contributed by atoms with Crippen molar-refractivity contribution in [3.63, 3.8) is 0 Å². The summed E-state index contributed by atoms with van der Waals surface area (Å²) >= 11 is 0. The highest BCUT2D eigenvalue weighted by Gasteiger charge is 2.24. The molecule has 0 radical (unpaired) electrons. The third kappa shape index (κ3) is 3.57. The van der Waals surface area contributed by atoms with Crippen molar-refractivity contribution in [2.75, 3.05) is 32.7 Å². The van der Waals surface area contributed by atoms with Crippen LogP contribution >= 0.6 is 0 Å². The Morgan fingerprint density at radius 2 is 1.80 bits per heavy atom. The molecule has 0 heterocycles. The van der Waals surface area contributed by atoms with E-state index in [0.29, 0.717) is 18.4 Å². The molecule has 1 aromatic carbocycles. The normalized spacial score (nSPS) is 22.4. The number of nitrogens with one attached hydrogen (secondary N) is 1. The van der Waals surface area contributed by atoms with Gasteiger partial charge in [-0.2, -0.15) is 0 Å². The van der Waals surface area contributed by atoms with Gasteiger partial charge in [0, 0.05) is 24.9 Å². The topological polar surface area (TPSA) is 50.7 Å². The molecule has 2 N–H and O–H groups in total. The molecule has 1 aliphatic rings. The minimum Gasteiger partial charge on any atom is -0.493 e. The van der Waals surface area contributed by atoms with Crippen LogP contribution in [0.3, 0.4) is 0 Å². The van der Waals surface area contributed by atoms with Gasteiger partial charge in [0.05, 0.1) is 14.2 Å². The summed E-state index contributed by atoms with van der Waals surface area (Å²) < 4.78 is 10.5.